The molecule has 0 aliphatic heterocycles. The molecule has 2 rings (SSSR count). The second-order valence-corrected chi connectivity index (χ2v) is 6.04. The molecule has 1 aromatic heterocycles. The zero-order chi connectivity index (χ0) is 12.5. The standard InChI is InChI=1S/C15H21NO/c1-11-7-8-12-13(16-17-14(12)10-11)6-5-9-15(2,3)4/h7-8,10H,5-6,9H2,1-4H3. The Balaban J connectivity index is 2.09. The van der Waals surface area contributed by atoms with Gasteiger partial charge in [-0.05, 0) is 49.3 Å². The third-order valence-electron chi connectivity index (χ3n) is 3.04. The number of hydrogen-bond acceptors (Lipinski definition) is 2. The highest BCUT2D eigenvalue weighted by atomic mass is 16.5. The van der Waals surface area contributed by atoms with Gasteiger partial charge in [0, 0.05) is 5.39 Å². The quantitative estimate of drug-likeness (QED) is 0.777. The van der Waals surface area contributed by atoms with Crippen LogP contribution in [-0.4, -0.2) is 5.16 Å². The predicted octanol–water partition coefficient (Wildman–Crippen LogP) is 4.51. The maximum absolute atomic E-state index is 5.36. The Labute approximate surface area is 103 Å². The van der Waals surface area contributed by atoms with Crippen molar-refractivity contribution in [1.82, 2.24) is 5.16 Å². The first-order valence-corrected chi connectivity index (χ1v) is 6.31. The molecule has 0 N–H and O–H groups in total. The first-order chi connectivity index (χ1) is 7.96. The van der Waals surface area contributed by atoms with Gasteiger partial charge in [-0.3, -0.25) is 0 Å². The molecule has 1 heterocycles. The number of rotatable bonds is 3. The van der Waals surface area contributed by atoms with E-state index in [9.17, 15) is 0 Å². The number of benzene rings is 1. The Morgan fingerprint density at radius 3 is 2.71 bits per heavy atom. The predicted molar refractivity (Wildman–Crippen MR) is 71.1 cm³/mol. The summed E-state index contributed by atoms with van der Waals surface area (Å²) in [5, 5.41) is 5.35. The Kier molecular flexibility index (Phi) is 3.23. The van der Waals surface area contributed by atoms with Crippen LogP contribution in [0.15, 0.2) is 22.7 Å². The molecular weight excluding hydrogens is 210 g/mol. The van der Waals surface area contributed by atoms with Gasteiger partial charge in [0.25, 0.3) is 0 Å². The molecule has 0 radical (unpaired) electrons. The van der Waals surface area contributed by atoms with Crippen molar-refractivity contribution in [2.75, 3.05) is 0 Å². The molecular formula is C15H21NO. The lowest BCUT2D eigenvalue weighted by molar-refractivity contribution is 0.362. The SMILES string of the molecule is Cc1ccc2c(CCCC(C)(C)C)noc2c1. The summed E-state index contributed by atoms with van der Waals surface area (Å²) in [7, 11) is 0. The molecule has 0 fully saturated rings. The molecule has 1 aromatic carbocycles. The van der Waals surface area contributed by atoms with Gasteiger partial charge in [-0.15, -0.1) is 0 Å². The fraction of sp³-hybridized carbons (Fsp3) is 0.533. The van der Waals surface area contributed by atoms with Crippen molar-refractivity contribution in [2.45, 2.75) is 47.0 Å². The fourth-order valence-electron chi connectivity index (χ4n) is 2.06. The van der Waals surface area contributed by atoms with Crippen molar-refractivity contribution in [1.29, 1.82) is 0 Å². The minimum absolute atomic E-state index is 0.399. The molecule has 0 unspecified atom stereocenters. The van der Waals surface area contributed by atoms with Crippen molar-refractivity contribution in [3.05, 3.63) is 29.5 Å². The average molecular weight is 231 g/mol. The van der Waals surface area contributed by atoms with Crippen LogP contribution in [0, 0.1) is 12.3 Å². The van der Waals surface area contributed by atoms with E-state index in [2.05, 4.69) is 51.1 Å². The number of aromatic nitrogens is 1. The average Bonchev–Trinajstić information content (AvgIpc) is 2.59. The molecule has 0 bridgehead atoms. The third-order valence-corrected chi connectivity index (χ3v) is 3.04. The molecule has 0 saturated heterocycles. The molecule has 0 aliphatic rings. The van der Waals surface area contributed by atoms with Gasteiger partial charge in [-0.1, -0.05) is 32.0 Å². The lowest BCUT2D eigenvalue weighted by atomic mass is 9.89. The van der Waals surface area contributed by atoms with Crippen LogP contribution >= 0.6 is 0 Å². The maximum Gasteiger partial charge on any atom is 0.167 e. The van der Waals surface area contributed by atoms with Crippen molar-refractivity contribution in [2.24, 2.45) is 5.41 Å². The largest absolute Gasteiger partial charge is 0.356 e. The summed E-state index contributed by atoms with van der Waals surface area (Å²) in [5.74, 6) is 0. The Morgan fingerprint density at radius 2 is 2.00 bits per heavy atom. The van der Waals surface area contributed by atoms with E-state index in [1.54, 1.807) is 0 Å². The Hall–Kier alpha value is -1.31. The minimum Gasteiger partial charge on any atom is -0.356 e. The van der Waals surface area contributed by atoms with Gasteiger partial charge < -0.3 is 4.52 Å². The molecule has 0 atom stereocenters. The fourth-order valence-corrected chi connectivity index (χ4v) is 2.06. The third kappa shape index (κ3) is 3.09. The number of hydrogen-bond donors (Lipinski definition) is 0. The van der Waals surface area contributed by atoms with Crippen molar-refractivity contribution in [3.8, 4) is 0 Å². The van der Waals surface area contributed by atoms with E-state index in [0.717, 1.165) is 17.7 Å². The van der Waals surface area contributed by atoms with Gasteiger partial charge in [0.05, 0.1) is 5.69 Å². The number of aryl methyl sites for hydroxylation is 2. The summed E-state index contributed by atoms with van der Waals surface area (Å²) < 4.78 is 5.36. The monoisotopic (exact) mass is 231 g/mol. The molecule has 0 aliphatic carbocycles. The van der Waals surface area contributed by atoms with E-state index in [1.807, 2.05) is 0 Å². The van der Waals surface area contributed by atoms with Gasteiger partial charge in [0.1, 0.15) is 0 Å². The van der Waals surface area contributed by atoms with Crippen molar-refractivity contribution >= 4 is 11.0 Å². The molecule has 0 saturated carbocycles. The van der Waals surface area contributed by atoms with Gasteiger partial charge in [0.2, 0.25) is 0 Å². The van der Waals surface area contributed by atoms with E-state index < -0.39 is 0 Å². The van der Waals surface area contributed by atoms with Crippen molar-refractivity contribution in [3.63, 3.8) is 0 Å². The minimum atomic E-state index is 0.399. The van der Waals surface area contributed by atoms with Crippen LogP contribution in [0.5, 0.6) is 0 Å². The first-order valence-electron chi connectivity index (χ1n) is 6.31. The second kappa shape index (κ2) is 4.52. The molecule has 2 heteroatoms. The summed E-state index contributed by atoms with van der Waals surface area (Å²) in [4.78, 5) is 0. The van der Waals surface area contributed by atoms with Crippen LogP contribution in [0.2, 0.25) is 0 Å². The highest BCUT2D eigenvalue weighted by Crippen LogP contribution is 2.25. The Morgan fingerprint density at radius 1 is 1.24 bits per heavy atom. The molecule has 92 valence electrons. The summed E-state index contributed by atoms with van der Waals surface area (Å²) in [5.41, 5.74) is 3.63. The van der Waals surface area contributed by atoms with Gasteiger partial charge in [0.15, 0.2) is 5.58 Å². The first kappa shape index (κ1) is 12.2. The second-order valence-electron chi connectivity index (χ2n) is 6.04. The summed E-state index contributed by atoms with van der Waals surface area (Å²) in [6, 6.07) is 6.29. The summed E-state index contributed by atoms with van der Waals surface area (Å²) in [6.07, 6.45) is 3.39. The molecule has 2 nitrogen and oxygen atoms in total. The van der Waals surface area contributed by atoms with E-state index >= 15 is 0 Å². The van der Waals surface area contributed by atoms with Crippen molar-refractivity contribution < 1.29 is 4.52 Å². The summed E-state index contributed by atoms with van der Waals surface area (Å²) >= 11 is 0. The topological polar surface area (TPSA) is 26.0 Å². The van der Waals surface area contributed by atoms with E-state index in [4.69, 9.17) is 4.52 Å². The van der Waals surface area contributed by atoms with Crippen LogP contribution in [0.1, 0.15) is 44.9 Å². The molecule has 2 aromatic rings. The van der Waals surface area contributed by atoms with Crippen LogP contribution in [-0.2, 0) is 6.42 Å². The maximum atomic E-state index is 5.36. The van der Waals surface area contributed by atoms with Crippen LogP contribution in [0.3, 0.4) is 0 Å². The highest BCUT2D eigenvalue weighted by molar-refractivity contribution is 5.79. The van der Waals surface area contributed by atoms with Crippen LogP contribution in [0.25, 0.3) is 11.0 Å². The molecule has 0 amide bonds. The zero-order valence-electron chi connectivity index (χ0n) is 11.2. The molecule has 17 heavy (non-hydrogen) atoms. The number of nitrogens with zero attached hydrogens (tertiary/aromatic N) is 1. The van der Waals surface area contributed by atoms with Gasteiger partial charge in [-0.2, -0.15) is 0 Å². The van der Waals surface area contributed by atoms with E-state index in [-0.39, 0.29) is 0 Å². The van der Waals surface area contributed by atoms with Gasteiger partial charge >= 0.3 is 0 Å². The van der Waals surface area contributed by atoms with Crippen LogP contribution < -0.4 is 0 Å². The smallest absolute Gasteiger partial charge is 0.167 e. The highest BCUT2D eigenvalue weighted by Gasteiger charge is 2.12. The Bertz CT molecular complexity index is 505. The van der Waals surface area contributed by atoms with E-state index in [1.165, 1.54) is 23.8 Å². The summed E-state index contributed by atoms with van der Waals surface area (Å²) in [6.45, 7) is 8.90. The zero-order valence-corrected chi connectivity index (χ0v) is 11.2. The lowest BCUT2D eigenvalue weighted by Crippen LogP contribution is -2.05. The van der Waals surface area contributed by atoms with Crippen LogP contribution in [0.4, 0.5) is 0 Å². The van der Waals surface area contributed by atoms with Gasteiger partial charge in [-0.25, -0.2) is 0 Å². The molecule has 0 spiro atoms. The lowest BCUT2D eigenvalue weighted by Gasteiger charge is -2.16. The normalized spacial score (nSPS) is 12.2. The number of fused-ring (bicyclic) bond motifs is 1. The van der Waals surface area contributed by atoms with E-state index in [0.29, 0.717) is 5.41 Å².